The molecule has 0 saturated carbocycles. The van der Waals surface area contributed by atoms with Gasteiger partial charge in [-0.1, -0.05) is 17.4 Å². The molecule has 0 aliphatic rings. The van der Waals surface area contributed by atoms with Crippen LogP contribution in [0.25, 0.3) is 10.2 Å². The highest BCUT2D eigenvalue weighted by Gasteiger charge is 2.11. The summed E-state index contributed by atoms with van der Waals surface area (Å²) < 4.78 is 10.9. The Morgan fingerprint density at radius 2 is 2.38 bits per heavy atom. The first-order valence-electron chi connectivity index (χ1n) is 6.17. The summed E-state index contributed by atoms with van der Waals surface area (Å²) in [5, 5.41) is 12.3. The van der Waals surface area contributed by atoms with Crippen LogP contribution in [0, 0.1) is 11.3 Å². The molecule has 108 valence electrons. The Bertz CT molecular complexity index is 731. The number of thiazole rings is 1. The number of hydrogen-bond acceptors (Lipinski definition) is 7. The van der Waals surface area contributed by atoms with Crippen LogP contribution >= 0.6 is 11.3 Å². The third-order valence-electron chi connectivity index (χ3n) is 2.56. The van der Waals surface area contributed by atoms with Crippen molar-refractivity contribution in [3.63, 3.8) is 0 Å². The van der Waals surface area contributed by atoms with Crippen molar-refractivity contribution in [2.75, 3.05) is 19.0 Å². The van der Waals surface area contributed by atoms with Gasteiger partial charge in [0.25, 0.3) is 0 Å². The minimum absolute atomic E-state index is 0.108. The third kappa shape index (κ3) is 3.30. The van der Waals surface area contributed by atoms with Crippen LogP contribution in [0.2, 0.25) is 0 Å². The van der Waals surface area contributed by atoms with E-state index in [4.69, 9.17) is 14.7 Å². The fourth-order valence-electron chi connectivity index (χ4n) is 1.63. The van der Waals surface area contributed by atoms with Crippen molar-refractivity contribution < 1.29 is 14.3 Å². The van der Waals surface area contributed by atoms with E-state index < -0.39 is 5.97 Å². The van der Waals surface area contributed by atoms with Gasteiger partial charge in [0.2, 0.25) is 0 Å². The molecule has 1 aromatic heterocycles. The summed E-state index contributed by atoms with van der Waals surface area (Å²) in [5.74, 6) is 0.0119. The number of para-hydroxylation sites is 1. The van der Waals surface area contributed by atoms with Crippen molar-refractivity contribution in [1.82, 2.24) is 4.98 Å². The summed E-state index contributed by atoms with van der Waals surface area (Å²) in [6.07, 6.45) is 1.29. The summed E-state index contributed by atoms with van der Waals surface area (Å²) in [6.45, 7) is 1.90. The second-order valence-corrected chi connectivity index (χ2v) is 4.89. The van der Waals surface area contributed by atoms with Crippen LogP contribution in [0.5, 0.6) is 5.75 Å². The van der Waals surface area contributed by atoms with Gasteiger partial charge >= 0.3 is 5.97 Å². The zero-order chi connectivity index (χ0) is 15.2. The Hall–Kier alpha value is -2.59. The van der Waals surface area contributed by atoms with Gasteiger partial charge in [-0.3, -0.25) is 0 Å². The molecule has 7 heteroatoms. The van der Waals surface area contributed by atoms with Crippen LogP contribution in [0.15, 0.2) is 30.0 Å². The van der Waals surface area contributed by atoms with Crippen LogP contribution in [0.4, 0.5) is 5.13 Å². The van der Waals surface area contributed by atoms with E-state index in [2.05, 4.69) is 10.3 Å². The molecule has 0 aliphatic heterocycles. The predicted molar refractivity (Wildman–Crippen MR) is 80.1 cm³/mol. The second-order valence-electron chi connectivity index (χ2n) is 3.86. The van der Waals surface area contributed by atoms with Crippen molar-refractivity contribution >= 4 is 32.7 Å². The number of rotatable bonds is 5. The number of carbonyl (C=O) groups excluding carboxylic acids is 1. The van der Waals surface area contributed by atoms with Crippen molar-refractivity contribution in [3.8, 4) is 11.8 Å². The van der Waals surface area contributed by atoms with E-state index in [0.717, 1.165) is 10.2 Å². The quantitative estimate of drug-likeness (QED) is 0.519. The number of nitrogens with zero attached hydrogens (tertiary/aromatic N) is 2. The predicted octanol–water partition coefficient (Wildman–Crippen LogP) is 2.69. The number of nitrogens with one attached hydrogen (secondary N) is 1. The average molecular weight is 303 g/mol. The van der Waals surface area contributed by atoms with E-state index in [1.54, 1.807) is 20.1 Å². The van der Waals surface area contributed by atoms with Crippen LogP contribution in [-0.4, -0.2) is 24.7 Å². The molecule has 1 N–H and O–H groups in total. The van der Waals surface area contributed by atoms with Crippen LogP contribution < -0.4 is 10.1 Å². The van der Waals surface area contributed by atoms with Gasteiger partial charge in [0, 0.05) is 6.20 Å². The number of methoxy groups -OCH3 is 1. The standard InChI is InChI=1S/C14H13N3O3S/c1-3-20-13(18)9(7-15)8-16-14-17-12-10(19-2)5-4-6-11(12)21-14/h4-6,8H,3H2,1-2H3,(H,16,17)/b9-8-. The summed E-state index contributed by atoms with van der Waals surface area (Å²) in [5.41, 5.74) is 0.624. The van der Waals surface area contributed by atoms with E-state index in [1.807, 2.05) is 18.2 Å². The monoisotopic (exact) mass is 303 g/mol. The highest BCUT2D eigenvalue weighted by atomic mass is 32.1. The lowest BCUT2D eigenvalue weighted by Gasteiger charge is -1.99. The lowest BCUT2D eigenvalue weighted by Crippen LogP contribution is -2.07. The molecule has 0 fully saturated rings. The van der Waals surface area contributed by atoms with E-state index in [-0.39, 0.29) is 12.2 Å². The number of nitriles is 1. The molecule has 1 aromatic carbocycles. The first-order chi connectivity index (χ1) is 10.2. The Kier molecular flexibility index (Phi) is 4.74. The zero-order valence-electron chi connectivity index (χ0n) is 11.5. The normalized spacial score (nSPS) is 11.0. The fourth-order valence-corrected chi connectivity index (χ4v) is 2.48. The number of hydrogen-bond donors (Lipinski definition) is 1. The molecule has 0 radical (unpaired) electrons. The van der Waals surface area contributed by atoms with Gasteiger partial charge in [0.1, 0.15) is 17.3 Å². The second kappa shape index (κ2) is 6.72. The van der Waals surface area contributed by atoms with E-state index in [0.29, 0.717) is 10.9 Å². The number of ether oxygens (including phenoxy) is 2. The molecule has 0 saturated heterocycles. The van der Waals surface area contributed by atoms with Crippen LogP contribution in [0.1, 0.15) is 6.92 Å². The maximum absolute atomic E-state index is 11.5. The number of carbonyl (C=O) groups is 1. The van der Waals surface area contributed by atoms with Gasteiger partial charge in [-0.15, -0.1) is 0 Å². The maximum atomic E-state index is 11.5. The molecule has 0 atom stereocenters. The third-order valence-corrected chi connectivity index (χ3v) is 3.51. The molecule has 2 rings (SSSR count). The van der Waals surface area contributed by atoms with Gasteiger partial charge in [0.15, 0.2) is 10.7 Å². The molecular formula is C14H13N3O3S. The van der Waals surface area contributed by atoms with Crippen molar-refractivity contribution in [2.24, 2.45) is 0 Å². The fraction of sp³-hybridized carbons (Fsp3) is 0.214. The SMILES string of the molecule is CCOC(=O)/C(C#N)=C\Nc1nc2c(OC)cccc2s1. The molecule has 0 spiro atoms. The zero-order valence-corrected chi connectivity index (χ0v) is 12.4. The number of aromatic nitrogens is 1. The smallest absolute Gasteiger partial charge is 0.350 e. The number of anilines is 1. The Morgan fingerprint density at radius 1 is 1.57 bits per heavy atom. The topological polar surface area (TPSA) is 84.2 Å². The molecule has 0 amide bonds. The van der Waals surface area contributed by atoms with Crippen molar-refractivity contribution in [2.45, 2.75) is 6.92 Å². The molecule has 6 nitrogen and oxygen atoms in total. The number of fused-ring (bicyclic) bond motifs is 1. The minimum Gasteiger partial charge on any atom is -0.494 e. The minimum atomic E-state index is -0.661. The highest BCUT2D eigenvalue weighted by Crippen LogP contribution is 2.32. The molecule has 21 heavy (non-hydrogen) atoms. The summed E-state index contributed by atoms with van der Waals surface area (Å²) >= 11 is 1.40. The first-order valence-corrected chi connectivity index (χ1v) is 6.98. The Morgan fingerprint density at radius 3 is 3.05 bits per heavy atom. The number of benzene rings is 1. The van der Waals surface area contributed by atoms with E-state index >= 15 is 0 Å². The lowest BCUT2D eigenvalue weighted by molar-refractivity contribution is -0.138. The molecule has 0 bridgehead atoms. The Balaban J connectivity index is 2.24. The maximum Gasteiger partial charge on any atom is 0.350 e. The summed E-state index contributed by atoms with van der Waals surface area (Å²) in [6, 6.07) is 7.40. The van der Waals surface area contributed by atoms with E-state index in [9.17, 15) is 4.79 Å². The molecule has 1 heterocycles. The van der Waals surface area contributed by atoms with Gasteiger partial charge in [-0.05, 0) is 19.1 Å². The lowest BCUT2D eigenvalue weighted by atomic mass is 10.3. The highest BCUT2D eigenvalue weighted by molar-refractivity contribution is 7.22. The Labute approximate surface area is 125 Å². The first kappa shape index (κ1) is 14.8. The molecule has 2 aromatic rings. The summed E-state index contributed by atoms with van der Waals surface area (Å²) in [7, 11) is 1.58. The molecule has 0 aliphatic carbocycles. The van der Waals surface area contributed by atoms with Crippen LogP contribution in [-0.2, 0) is 9.53 Å². The largest absolute Gasteiger partial charge is 0.494 e. The van der Waals surface area contributed by atoms with Gasteiger partial charge < -0.3 is 14.8 Å². The van der Waals surface area contributed by atoms with Gasteiger partial charge in [-0.2, -0.15) is 5.26 Å². The van der Waals surface area contributed by atoms with Crippen molar-refractivity contribution in [1.29, 1.82) is 5.26 Å². The summed E-state index contributed by atoms with van der Waals surface area (Å²) in [4.78, 5) is 15.8. The van der Waals surface area contributed by atoms with Gasteiger partial charge in [-0.25, -0.2) is 9.78 Å². The van der Waals surface area contributed by atoms with Gasteiger partial charge in [0.05, 0.1) is 18.4 Å². The van der Waals surface area contributed by atoms with Crippen molar-refractivity contribution in [3.05, 3.63) is 30.0 Å². The van der Waals surface area contributed by atoms with E-state index in [1.165, 1.54) is 17.5 Å². The number of esters is 1. The average Bonchev–Trinajstić information content (AvgIpc) is 2.90. The molecule has 0 unspecified atom stereocenters. The van der Waals surface area contributed by atoms with Crippen LogP contribution in [0.3, 0.4) is 0 Å². The molecular weight excluding hydrogens is 290 g/mol.